The Morgan fingerprint density at radius 2 is 1.64 bits per heavy atom. The summed E-state index contributed by atoms with van der Waals surface area (Å²) < 4.78 is 0. The number of amides is 1. The minimum Gasteiger partial charge on any atom is -0.354 e. The summed E-state index contributed by atoms with van der Waals surface area (Å²) in [5, 5.41) is 3.20. The van der Waals surface area contributed by atoms with Crippen LogP contribution in [-0.2, 0) is 17.8 Å². The summed E-state index contributed by atoms with van der Waals surface area (Å²) >= 11 is 0. The predicted molar refractivity (Wildman–Crippen MR) is 113 cm³/mol. The van der Waals surface area contributed by atoms with Gasteiger partial charge in [0.1, 0.15) is 0 Å². The Hall–Kier alpha value is -2.17. The van der Waals surface area contributed by atoms with E-state index >= 15 is 0 Å². The summed E-state index contributed by atoms with van der Waals surface area (Å²) in [7, 11) is 0. The molecule has 0 bridgehead atoms. The van der Waals surface area contributed by atoms with Crippen molar-refractivity contribution >= 4 is 5.91 Å². The van der Waals surface area contributed by atoms with E-state index in [1.807, 2.05) is 0 Å². The third-order valence-electron chi connectivity index (χ3n) is 6.12. The van der Waals surface area contributed by atoms with Crippen molar-refractivity contribution < 1.29 is 4.79 Å². The summed E-state index contributed by atoms with van der Waals surface area (Å²) in [4.78, 5) is 17.2. The molecule has 2 aromatic rings. The van der Waals surface area contributed by atoms with Crippen LogP contribution >= 0.6 is 0 Å². The van der Waals surface area contributed by atoms with Crippen molar-refractivity contribution in [2.75, 3.05) is 39.3 Å². The molecular formula is C24H31N3O. The van der Waals surface area contributed by atoms with Gasteiger partial charge in [0.05, 0.1) is 6.54 Å². The van der Waals surface area contributed by atoms with Crippen LogP contribution in [0.4, 0.5) is 0 Å². The van der Waals surface area contributed by atoms with Crippen LogP contribution in [0.5, 0.6) is 0 Å². The zero-order chi connectivity index (χ0) is 19.2. The minimum absolute atomic E-state index is 0.166. The van der Waals surface area contributed by atoms with Gasteiger partial charge in [0, 0.05) is 45.2 Å². The molecule has 2 aromatic carbocycles. The Balaban J connectivity index is 1.19. The highest BCUT2D eigenvalue weighted by Crippen LogP contribution is 2.30. The van der Waals surface area contributed by atoms with Crippen LogP contribution in [0.3, 0.4) is 0 Å². The monoisotopic (exact) mass is 377 g/mol. The first-order chi connectivity index (χ1) is 13.8. The van der Waals surface area contributed by atoms with Gasteiger partial charge >= 0.3 is 0 Å². The van der Waals surface area contributed by atoms with Crippen LogP contribution in [0.25, 0.3) is 0 Å². The maximum Gasteiger partial charge on any atom is 0.234 e. The summed E-state index contributed by atoms with van der Waals surface area (Å²) in [6.07, 6.45) is 3.57. The Kier molecular flexibility index (Phi) is 6.40. The number of fused-ring (bicyclic) bond motifs is 1. The van der Waals surface area contributed by atoms with Gasteiger partial charge in [-0.15, -0.1) is 0 Å². The molecule has 4 heteroatoms. The fourth-order valence-electron chi connectivity index (χ4n) is 4.51. The Labute approximate surface area is 168 Å². The first kappa shape index (κ1) is 19.2. The molecule has 1 atom stereocenters. The van der Waals surface area contributed by atoms with Gasteiger partial charge in [-0.25, -0.2) is 0 Å². The summed E-state index contributed by atoms with van der Waals surface area (Å²) in [5.74, 6) is 0.635. The van der Waals surface area contributed by atoms with E-state index in [1.165, 1.54) is 36.0 Å². The molecule has 1 saturated heterocycles. The molecular weight excluding hydrogens is 346 g/mol. The Morgan fingerprint density at radius 3 is 2.46 bits per heavy atom. The number of benzene rings is 2. The molecule has 28 heavy (non-hydrogen) atoms. The zero-order valence-corrected chi connectivity index (χ0v) is 16.6. The maximum absolute atomic E-state index is 12.5. The van der Waals surface area contributed by atoms with E-state index in [9.17, 15) is 4.79 Å². The fraction of sp³-hybridized carbons (Fsp3) is 0.458. The molecule has 0 radical (unpaired) electrons. The predicted octanol–water partition coefficient (Wildman–Crippen LogP) is 3.04. The largest absolute Gasteiger partial charge is 0.354 e. The van der Waals surface area contributed by atoms with Gasteiger partial charge in [-0.1, -0.05) is 54.6 Å². The van der Waals surface area contributed by atoms with Crippen molar-refractivity contribution in [3.63, 3.8) is 0 Å². The lowest BCUT2D eigenvalue weighted by atomic mass is 9.83. The van der Waals surface area contributed by atoms with E-state index in [0.29, 0.717) is 12.5 Å². The number of hydrogen-bond donors (Lipinski definition) is 1. The first-order valence-electron chi connectivity index (χ1n) is 10.6. The molecule has 2 aliphatic rings. The van der Waals surface area contributed by atoms with Crippen LogP contribution in [0.2, 0.25) is 0 Å². The van der Waals surface area contributed by atoms with Crippen LogP contribution in [0, 0.1) is 0 Å². The number of rotatable bonds is 6. The second-order valence-corrected chi connectivity index (χ2v) is 8.13. The SMILES string of the molecule is O=C(CN1CCN(Cc2ccccc2)CC1)NCC1CCCc2ccccc21. The lowest BCUT2D eigenvalue weighted by molar-refractivity contribution is -0.122. The van der Waals surface area contributed by atoms with E-state index in [2.05, 4.69) is 69.7 Å². The van der Waals surface area contributed by atoms with Crippen molar-refractivity contribution in [1.29, 1.82) is 0 Å². The fourth-order valence-corrected chi connectivity index (χ4v) is 4.51. The van der Waals surface area contributed by atoms with E-state index in [0.717, 1.165) is 39.3 Å². The highest BCUT2D eigenvalue weighted by Gasteiger charge is 2.22. The molecule has 1 aliphatic carbocycles. The molecule has 1 unspecified atom stereocenters. The molecule has 1 N–H and O–H groups in total. The average molecular weight is 378 g/mol. The quantitative estimate of drug-likeness (QED) is 0.840. The van der Waals surface area contributed by atoms with E-state index < -0.39 is 0 Å². The van der Waals surface area contributed by atoms with Crippen molar-refractivity contribution in [2.45, 2.75) is 31.7 Å². The van der Waals surface area contributed by atoms with E-state index in [1.54, 1.807) is 0 Å². The standard InChI is InChI=1S/C24H31N3O/c28-24(25-17-22-11-6-10-21-9-4-5-12-23(21)22)19-27-15-13-26(14-16-27)18-20-7-2-1-3-8-20/h1-5,7-9,12,22H,6,10-11,13-19H2,(H,25,28). The summed E-state index contributed by atoms with van der Waals surface area (Å²) in [6, 6.07) is 19.3. The highest BCUT2D eigenvalue weighted by atomic mass is 16.2. The number of piperazine rings is 1. The average Bonchev–Trinajstić information content (AvgIpc) is 2.74. The van der Waals surface area contributed by atoms with Gasteiger partial charge in [0.15, 0.2) is 0 Å². The van der Waals surface area contributed by atoms with Gasteiger partial charge in [-0.3, -0.25) is 14.6 Å². The van der Waals surface area contributed by atoms with Crippen LogP contribution in [0.15, 0.2) is 54.6 Å². The third kappa shape index (κ3) is 5.00. The number of aryl methyl sites for hydroxylation is 1. The van der Waals surface area contributed by atoms with Crippen molar-refractivity contribution in [2.24, 2.45) is 0 Å². The molecule has 1 aliphatic heterocycles. The van der Waals surface area contributed by atoms with Gasteiger partial charge in [0.2, 0.25) is 5.91 Å². The molecule has 1 fully saturated rings. The third-order valence-corrected chi connectivity index (χ3v) is 6.12. The van der Waals surface area contributed by atoms with Gasteiger partial charge in [-0.05, 0) is 36.0 Å². The smallest absolute Gasteiger partial charge is 0.234 e. The van der Waals surface area contributed by atoms with E-state index in [-0.39, 0.29) is 5.91 Å². The van der Waals surface area contributed by atoms with Crippen molar-refractivity contribution in [3.8, 4) is 0 Å². The molecule has 148 valence electrons. The Bertz CT molecular complexity index is 768. The first-order valence-corrected chi connectivity index (χ1v) is 10.6. The van der Waals surface area contributed by atoms with Crippen LogP contribution in [-0.4, -0.2) is 55.0 Å². The zero-order valence-electron chi connectivity index (χ0n) is 16.6. The molecule has 0 aromatic heterocycles. The molecule has 1 heterocycles. The summed E-state index contributed by atoms with van der Waals surface area (Å²) in [5.41, 5.74) is 4.26. The topological polar surface area (TPSA) is 35.6 Å². The second-order valence-electron chi connectivity index (χ2n) is 8.13. The molecule has 4 nitrogen and oxygen atoms in total. The lowest BCUT2D eigenvalue weighted by Gasteiger charge is -2.34. The van der Waals surface area contributed by atoms with Crippen LogP contribution in [0.1, 0.15) is 35.4 Å². The van der Waals surface area contributed by atoms with Crippen LogP contribution < -0.4 is 5.32 Å². The molecule has 0 saturated carbocycles. The van der Waals surface area contributed by atoms with Gasteiger partial charge < -0.3 is 5.32 Å². The number of hydrogen-bond acceptors (Lipinski definition) is 3. The second kappa shape index (κ2) is 9.35. The summed E-state index contributed by atoms with van der Waals surface area (Å²) in [6.45, 7) is 6.27. The minimum atomic E-state index is 0.166. The highest BCUT2D eigenvalue weighted by molar-refractivity contribution is 5.78. The number of carbonyl (C=O) groups is 1. The Morgan fingerprint density at radius 1 is 0.929 bits per heavy atom. The van der Waals surface area contributed by atoms with E-state index in [4.69, 9.17) is 0 Å². The maximum atomic E-state index is 12.5. The molecule has 4 rings (SSSR count). The van der Waals surface area contributed by atoms with Crippen molar-refractivity contribution in [3.05, 3.63) is 71.3 Å². The molecule has 0 spiro atoms. The molecule has 1 amide bonds. The number of nitrogens with zero attached hydrogens (tertiary/aromatic N) is 2. The van der Waals surface area contributed by atoms with Gasteiger partial charge in [0.25, 0.3) is 0 Å². The number of nitrogens with one attached hydrogen (secondary N) is 1. The normalized spacial score (nSPS) is 20.5. The van der Waals surface area contributed by atoms with Gasteiger partial charge in [-0.2, -0.15) is 0 Å². The number of carbonyl (C=O) groups excluding carboxylic acids is 1. The van der Waals surface area contributed by atoms with Crippen molar-refractivity contribution in [1.82, 2.24) is 15.1 Å². The lowest BCUT2D eigenvalue weighted by Crippen LogP contribution is -2.49.